The van der Waals surface area contributed by atoms with E-state index >= 15 is 0 Å². The fraction of sp³-hybridized carbons (Fsp3) is 0.278. The van der Waals surface area contributed by atoms with E-state index in [-0.39, 0.29) is 16.5 Å². The predicted molar refractivity (Wildman–Crippen MR) is 90.6 cm³/mol. The Labute approximate surface area is 139 Å². The van der Waals surface area contributed by atoms with Crippen LogP contribution in [-0.4, -0.2) is 19.4 Å². The van der Waals surface area contributed by atoms with Crippen molar-refractivity contribution in [2.75, 3.05) is 0 Å². The first-order valence-electron chi connectivity index (χ1n) is 7.57. The van der Waals surface area contributed by atoms with E-state index in [9.17, 15) is 10.1 Å². The third-order valence-electron chi connectivity index (χ3n) is 3.68. The molecule has 0 N–H and O–H groups in total. The molecule has 0 aliphatic carbocycles. The van der Waals surface area contributed by atoms with Gasteiger partial charge in [-0.1, -0.05) is 26.8 Å². The van der Waals surface area contributed by atoms with Crippen LogP contribution in [0.15, 0.2) is 35.5 Å². The van der Waals surface area contributed by atoms with Crippen molar-refractivity contribution in [3.63, 3.8) is 0 Å². The van der Waals surface area contributed by atoms with E-state index in [1.54, 1.807) is 24.7 Å². The third kappa shape index (κ3) is 2.65. The Hall–Kier alpha value is -3.07. The summed E-state index contributed by atoms with van der Waals surface area (Å²) in [5.74, 6) is 0.692. The molecule has 3 rings (SSSR count). The van der Waals surface area contributed by atoms with Gasteiger partial charge in [0.1, 0.15) is 23.1 Å². The van der Waals surface area contributed by atoms with Crippen molar-refractivity contribution in [3.05, 3.63) is 58.0 Å². The Bertz CT molecular complexity index is 1020. The van der Waals surface area contributed by atoms with E-state index in [1.165, 1.54) is 4.40 Å². The predicted octanol–water partition coefficient (Wildman–Crippen LogP) is 2.63. The Morgan fingerprint density at radius 3 is 2.42 bits per heavy atom. The topological polar surface area (TPSA) is 83.9 Å². The number of fused-ring (bicyclic) bond motifs is 1. The molecule has 0 spiro atoms. The van der Waals surface area contributed by atoms with Crippen molar-refractivity contribution in [2.45, 2.75) is 33.1 Å². The molecule has 0 fully saturated rings. The summed E-state index contributed by atoms with van der Waals surface area (Å²) in [6, 6.07) is 5.59. The molecule has 0 saturated carbocycles. The average Bonchev–Trinajstić information content (AvgIpc) is 2.54. The summed E-state index contributed by atoms with van der Waals surface area (Å²) in [5.41, 5.74) is 1.70. The Morgan fingerprint density at radius 1 is 1.17 bits per heavy atom. The summed E-state index contributed by atoms with van der Waals surface area (Å²) in [4.78, 5) is 25.8. The number of nitrogens with zero attached hydrogens (tertiary/aromatic N) is 5. The zero-order valence-corrected chi connectivity index (χ0v) is 14.0. The standard InChI is InChI=1S/C18H17N5O/c1-11-5-6-14-22-15(13(7-19)16(24)23(14)10-11)12-8-20-17(21-9-12)18(2,3)4/h5-6,8-10H,1-4H3. The highest BCUT2D eigenvalue weighted by atomic mass is 16.1. The lowest BCUT2D eigenvalue weighted by molar-refractivity contribution is 0.545. The van der Waals surface area contributed by atoms with Crippen molar-refractivity contribution in [2.24, 2.45) is 0 Å². The molecular formula is C18H17N5O. The lowest BCUT2D eigenvalue weighted by Gasteiger charge is -2.16. The Kier molecular flexibility index (Phi) is 3.64. The van der Waals surface area contributed by atoms with Crippen LogP contribution in [0.4, 0.5) is 0 Å². The molecule has 0 amide bonds. The highest BCUT2D eigenvalue weighted by Crippen LogP contribution is 2.22. The summed E-state index contributed by atoms with van der Waals surface area (Å²) < 4.78 is 1.39. The van der Waals surface area contributed by atoms with Gasteiger partial charge in [-0.2, -0.15) is 5.26 Å². The number of pyridine rings is 1. The maximum Gasteiger partial charge on any atom is 0.276 e. The molecule has 0 unspecified atom stereocenters. The quantitative estimate of drug-likeness (QED) is 0.688. The number of rotatable bonds is 1. The summed E-state index contributed by atoms with van der Waals surface area (Å²) in [6.07, 6.45) is 4.90. The highest BCUT2D eigenvalue weighted by Gasteiger charge is 2.19. The molecule has 120 valence electrons. The maximum absolute atomic E-state index is 12.6. The number of aromatic nitrogens is 4. The molecule has 0 aliphatic rings. The second-order valence-electron chi connectivity index (χ2n) is 6.73. The zero-order valence-electron chi connectivity index (χ0n) is 14.0. The van der Waals surface area contributed by atoms with Crippen LogP contribution in [0, 0.1) is 18.3 Å². The van der Waals surface area contributed by atoms with E-state index in [2.05, 4.69) is 15.0 Å². The molecule has 0 bridgehead atoms. The van der Waals surface area contributed by atoms with Crippen LogP contribution in [0.25, 0.3) is 16.9 Å². The molecule has 0 radical (unpaired) electrons. The van der Waals surface area contributed by atoms with E-state index in [1.807, 2.05) is 39.8 Å². The second-order valence-corrected chi connectivity index (χ2v) is 6.73. The van der Waals surface area contributed by atoms with Crippen molar-refractivity contribution in [3.8, 4) is 17.3 Å². The normalized spacial score (nSPS) is 11.5. The van der Waals surface area contributed by atoms with Gasteiger partial charge in [-0.15, -0.1) is 0 Å². The number of hydrogen-bond donors (Lipinski definition) is 0. The van der Waals surface area contributed by atoms with E-state index < -0.39 is 0 Å². The molecule has 6 nitrogen and oxygen atoms in total. The smallest absolute Gasteiger partial charge is 0.267 e. The molecule has 0 aliphatic heterocycles. The van der Waals surface area contributed by atoms with Crippen LogP contribution in [0.1, 0.15) is 37.7 Å². The van der Waals surface area contributed by atoms with E-state index in [0.29, 0.717) is 22.7 Å². The van der Waals surface area contributed by atoms with Crippen LogP contribution < -0.4 is 5.56 Å². The van der Waals surface area contributed by atoms with Crippen LogP contribution in [0.5, 0.6) is 0 Å². The van der Waals surface area contributed by atoms with Gasteiger partial charge >= 0.3 is 0 Å². The largest absolute Gasteiger partial charge is 0.276 e. The first kappa shape index (κ1) is 15.8. The third-order valence-corrected chi connectivity index (χ3v) is 3.68. The summed E-state index contributed by atoms with van der Waals surface area (Å²) in [5, 5.41) is 9.43. The van der Waals surface area contributed by atoms with Gasteiger partial charge in [0.15, 0.2) is 0 Å². The molecule has 3 aromatic heterocycles. The first-order chi connectivity index (χ1) is 11.3. The molecule has 0 atom stereocenters. The Morgan fingerprint density at radius 2 is 1.83 bits per heavy atom. The first-order valence-corrected chi connectivity index (χ1v) is 7.57. The van der Waals surface area contributed by atoms with Gasteiger partial charge in [0.25, 0.3) is 5.56 Å². The van der Waals surface area contributed by atoms with Gasteiger partial charge in [-0.25, -0.2) is 15.0 Å². The fourth-order valence-electron chi connectivity index (χ4n) is 2.39. The van der Waals surface area contributed by atoms with Gasteiger partial charge in [0.2, 0.25) is 0 Å². The molecule has 3 aromatic rings. The maximum atomic E-state index is 12.6. The molecule has 3 heterocycles. The van der Waals surface area contributed by atoms with Gasteiger partial charge < -0.3 is 0 Å². The monoisotopic (exact) mass is 319 g/mol. The molecule has 6 heteroatoms. The molecule has 0 aromatic carbocycles. The number of nitriles is 1. The van der Waals surface area contributed by atoms with Crippen molar-refractivity contribution >= 4 is 5.65 Å². The van der Waals surface area contributed by atoms with E-state index in [4.69, 9.17) is 0 Å². The number of hydrogen-bond acceptors (Lipinski definition) is 5. The van der Waals surface area contributed by atoms with Gasteiger partial charge in [-0.3, -0.25) is 9.20 Å². The van der Waals surface area contributed by atoms with Gasteiger partial charge in [-0.05, 0) is 18.6 Å². The summed E-state index contributed by atoms with van der Waals surface area (Å²) in [7, 11) is 0. The van der Waals surface area contributed by atoms with Crippen LogP contribution in [-0.2, 0) is 5.41 Å². The minimum absolute atomic E-state index is 0.00907. The van der Waals surface area contributed by atoms with E-state index in [0.717, 1.165) is 5.56 Å². The van der Waals surface area contributed by atoms with Crippen molar-refractivity contribution in [1.82, 2.24) is 19.4 Å². The van der Waals surface area contributed by atoms with Crippen LogP contribution in [0.2, 0.25) is 0 Å². The molecule has 24 heavy (non-hydrogen) atoms. The SMILES string of the molecule is Cc1ccc2nc(-c3cnc(C(C)(C)C)nc3)c(C#N)c(=O)n2c1. The summed E-state index contributed by atoms with van der Waals surface area (Å²) in [6.45, 7) is 7.94. The van der Waals surface area contributed by atoms with Gasteiger partial charge in [0.05, 0.1) is 5.69 Å². The van der Waals surface area contributed by atoms with Crippen LogP contribution in [0.3, 0.4) is 0 Å². The summed E-state index contributed by atoms with van der Waals surface area (Å²) >= 11 is 0. The molecule has 0 saturated heterocycles. The minimum Gasteiger partial charge on any atom is -0.267 e. The second kappa shape index (κ2) is 5.53. The Balaban J connectivity index is 2.25. The number of aryl methyl sites for hydroxylation is 1. The van der Waals surface area contributed by atoms with Gasteiger partial charge in [0, 0.05) is 29.6 Å². The lowest BCUT2D eigenvalue weighted by atomic mass is 9.95. The van der Waals surface area contributed by atoms with Crippen molar-refractivity contribution < 1.29 is 0 Å². The van der Waals surface area contributed by atoms with Crippen LogP contribution >= 0.6 is 0 Å². The average molecular weight is 319 g/mol. The zero-order chi connectivity index (χ0) is 17.5. The molecular weight excluding hydrogens is 302 g/mol. The highest BCUT2D eigenvalue weighted by molar-refractivity contribution is 5.67. The fourth-order valence-corrected chi connectivity index (χ4v) is 2.39. The van der Waals surface area contributed by atoms with Crippen molar-refractivity contribution in [1.29, 1.82) is 5.26 Å². The lowest BCUT2D eigenvalue weighted by Crippen LogP contribution is -2.20. The minimum atomic E-state index is -0.388.